The number of halogens is 1. The molecule has 0 saturated carbocycles. The highest BCUT2D eigenvalue weighted by Crippen LogP contribution is 2.34. The van der Waals surface area contributed by atoms with Crippen LogP contribution in [0.4, 0.5) is 10.5 Å². The molecule has 28 heavy (non-hydrogen) atoms. The summed E-state index contributed by atoms with van der Waals surface area (Å²) in [6.07, 6.45) is 4.02. The van der Waals surface area contributed by atoms with Gasteiger partial charge in [-0.05, 0) is 55.7 Å². The van der Waals surface area contributed by atoms with Gasteiger partial charge in [0, 0.05) is 17.3 Å². The van der Waals surface area contributed by atoms with Crippen LogP contribution in [0.2, 0.25) is 5.02 Å². The zero-order valence-electron chi connectivity index (χ0n) is 16.0. The Morgan fingerprint density at radius 3 is 2.57 bits per heavy atom. The van der Waals surface area contributed by atoms with Crippen LogP contribution < -0.4 is 5.32 Å². The normalized spacial score (nSPS) is 16.9. The van der Waals surface area contributed by atoms with Crippen LogP contribution in [0.3, 0.4) is 0 Å². The quantitative estimate of drug-likeness (QED) is 0.673. The Labute approximate surface area is 170 Å². The van der Waals surface area contributed by atoms with Gasteiger partial charge in [-0.2, -0.15) is 0 Å². The molecular weight excluding hydrogens is 376 g/mol. The van der Waals surface area contributed by atoms with Crippen LogP contribution in [-0.4, -0.2) is 30.1 Å². The summed E-state index contributed by atoms with van der Waals surface area (Å²) in [7, 11) is 0. The van der Waals surface area contributed by atoms with Crippen LogP contribution in [0.1, 0.15) is 54.6 Å². The van der Waals surface area contributed by atoms with Gasteiger partial charge in [0.25, 0.3) is 0 Å². The van der Waals surface area contributed by atoms with Gasteiger partial charge in [0.15, 0.2) is 0 Å². The molecule has 1 N–H and O–H groups in total. The van der Waals surface area contributed by atoms with E-state index in [1.807, 2.05) is 29.2 Å². The predicted octanol–water partition coefficient (Wildman–Crippen LogP) is 5.67. The maximum absolute atomic E-state index is 13.0. The minimum Gasteiger partial charge on any atom is -0.462 e. The molecule has 3 rings (SSSR count). The van der Waals surface area contributed by atoms with E-state index in [1.54, 1.807) is 31.2 Å². The van der Waals surface area contributed by atoms with E-state index in [-0.39, 0.29) is 18.0 Å². The number of rotatable bonds is 4. The molecular formula is C22H25ClN2O3. The van der Waals surface area contributed by atoms with Crippen LogP contribution in [0, 0.1) is 0 Å². The number of nitrogens with zero attached hydrogens (tertiary/aromatic N) is 1. The topological polar surface area (TPSA) is 58.6 Å². The van der Waals surface area contributed by atoms with Gasteiger partial charge in [0.1, 0.15) is 0 Å². The minimum absolute atomic E-state index is 0.0463. The van der Waals surface area contributed by atoms with Crippen LogP contribution in [0.5, 0.6) is 0 Å². The third kappa shape index (κ3) is 4.84. The fourth-order valence-electron chi connectivity index (χ4n) is 3.52. The van der Waals surface area contributed by atoms with Gasteiger partial charge in [-0.3, -0.25) is 0 Å². The third-order valence-corrected chi connectivity index (χ3v) is 5.27. The van der Waals surface area contributed by atoms with Crippen LogP contribution in [-0.2, 0) is 4.74 Å². The van der Waals surface area contributed by atoms with E-state index in [4.69, 9.17) is 16.3 Å². The Kier molecular flexibility index (Phi) is 6.93. The number of nitrogens with one attached hydrogen (secondary N) is 1. The molecule has 6 heteroatoms. The largest absolute Gasteiger partial charge is 0.462 e. The molecule has 0 aromatic heterocycles. The number of hydrogen-bond donors (Lipinski definition) is 1. The Morgan fingerprint density at radius 1 is 1.11 bits per heavy atom. The summed E-state index contributed by atoms with van der Waals surface area (Å²) in [5.41, 5.74) is 2.09. The molecule has 1 aliphatic heterocycles. The van der Waals surface area contributed by atoms with Crippen molar-refractivity contribution in [3.8, 4) is 0 Å². The number of likely N-dealkylation sites (tertiary alicyclic amines) is 1. The Bertz CT molecular complexity index is 823. The second kappa shape index (κ2) is 9.60. The number of esters is 1. The van der Waals surface area contributed by atoms with E-state index in [2.05, 4.69) is 5.32 Å². The van der Waals surface area contributed by atoms with Crippen LogP contribution in [0.15, 0.2) is 48.5 Å². The maximum atomic E-state index is 13.0. The van der Waals surface area contributed by atoms with E-state index in [1.165, 1.54) is 0 Å². The van der Waals surface area contributed by atoms with Crippen molar-refractivity contribution in [1.82, 2.24) is 4.90 Å². The molecule has 0 radical (unpaired) electrons. The van der Waals surface area contributed by atoms with Gasteiger partial charge >= 0.3 is 12.0 Å². The first-order valence-electron chi connectivity index (χ1n) is 9.69. The van der Waals surface area contributed by atoms with E-state index in [0.29, 0.717) is 29.4 Å². The zero-order chi connectivity index (χ0) is 19.9. The van der Waals surface area contributed by atoms with Gasteiger partial charge < -0.3 is 15.0 Å². The van der Waals surface area contributed by atoms with Crippen molar-refractivity contribution in [1.29, 1.82) is 0 Å². The molecule has 0 spiro atoms. The number of benzene rings is 2. The summed E-state index contributed by atoms with van der Waals surface area (Å²) < 4.78 is 4.99. The molecule has 2 amide bonds. The molecule has 1 atom stereocenters. The summed E-state index contributed by atoms with van der Waals surface area (Å²) >= 11 is 6.41. The highest BCUT2D eigenvalue weighted by atomic mass is 35.5. The van der Waals surface area contributed by atoms with Gasteiger partial charge in [-0.15, -0.1) is 0 Å². The molecule has 1 aliphatic rings. The maximum Gasteiger partial charge on any atom is 0.338 e. The van der Waals surface area contributed by atoms with E-state index < -0.39 is 0 Å². The number of carbonyl (C=O) groups excluding carboxylic acids is 2. The summed E-state index contributed by atoms with van der Waals surface area (Å²) in [4.78, 5) is 26.7. The summed E-state index contributed by atoms with van der Waals surface area (Å²) in [5.74, 6) is -0.369. The first kappa shape index (κ1) is 20.2. The van der Waals surface area contributed by atoms with E-state index >= 15 is 0 Å². The lowest BCUT2D eigenvalue weighted by molar-refractivity contribution is 0.0526. The number of amides is 2. The van der Waals surface area contributed by atoms with E-state index in [0.717, 1.165) is 31.2 Å². The molecule has 2 aromatic carbocycles. The second-order valence-electron chi connectivity index (χ2n) is 6.81. The summed E-state index contributed by atoms with van der Waals surface area (Å²) in [6.45, 7) is 2.78. The van der Waals surface area contributed by atoms with E-state index in [9.17, 15) is 9.59 Å². The van der Waals surface area contributed by atoms with Gasteiger partial charge in [-0.1, -0.05) is 42.6 Å². The monoisotopic (exact) mass is 400 g/mol. The number of ether oxygens (including phenoxy) is 1. The average Bonchev–Trinajstić information content (AvgIpc) is 2.95. The smallest absolute Gasteiger partial charge is 0.338 e. The zero-order valence-corrected chi connectivity index (χ0v) is 16.7. The Hall–Kier alpha value is -2.53. The van der Waals surface area contributed by atoms with Crippen LogP contribution >= 0.6 is 11.6 Å². The predicted molar refractivity (Wildman–Crippen MR) is 111 cm³/mol. The number of urea groups is 1. The molecule has 0 bridgehead atoms. The fourth-order valence-corrected chi connectivity index (χ4v) is 3.78. The SMILES string of the molecule is CCOC(=O)c1ccc(NC(=O)N2CCCCC[C@@H]2c2ccccc2Cl)cc1. The molecule has 1 fully saturated rings. The highest BCUT2D eigenvalue weighted by Gasteiger charge is 2.28. The Balaban J connectivity index is 1.75. The summed E-state index contributed by atoms with van der Waals surface area (Å²) in [5, 5.41) is 3.63. The molecule has 0 unspecified atom stereocenters. The molecule has 1 heterocycles. The first-order chi connectivity index (χ1) is 13.6. The number of hydrogen-bond acceptors (Lipinski definition) is 3. The minimum atomic E-state index is -0.369. The van der Waals surface area contributed by atoms with Crippen molar-refractivity contribution in [2.45, 2.75) is 38.6 Å². The molecule has 0 aliphatic carbocycles. The Morgan fingerprint density at radius 2 is 1.86 bits per heavy atom. The summed E-state index contributed by atoms with van der Waals surface area (Å²) in [6, 6.07) is 14.3. The van der Waals surface area contributed by atoms with Gasteiger partial charge in [0.05, 0.1) is 18.2 Å². The van der Waals surface area contributed by atoms with Crippen LogP contribution in [0.25, 0.3) is 0 Å². The lowest BCUT2D eigenvalue weighted by Crippen LogP contribution is -2.38. The number of anilines is 1. The average molecular weight is 401 g/mol. The van der Waals surface area contributed by atoms with Crippen molar-refractivity contribution in [3.63, 3.8) is 0 Å². The first-order valence-corrected chi connectivity index (χ1v) is 10.1. The second-order valence-corrected chi connectivity index (χ2v) is 7.22. The van der Waals surface area contributed by atoms with Crippen molar-refractivity contribution in [2.24, 2.45) is 0 Å². The standard InChI is InChI=1S/C22H25ClN2O3/c1-2-28-21(26)16-11-13-17(14-12-16)24-22(27)25-15-7-3-4-10-20(25)18-8-5-6-9-19(18)23/h5-6,8-9,11-14,20H,2-4,7,10,15H2,1H3,(H,24,27)/t20-/m1/s1. The van der Waals surface area contributed by atoms with Crippen molar-refractivity contribution in [2.75, 3.05) is 18.5 Å². The van der Waals surface area contributed by atoms with Crippen molar-refractivity contribution >= 4 is 29.3 Å². The molecule has 5 nitrogen and oxygen atoms in total. The third-order valence-electron chi connectivity index (χ3n) is 4.93. The lowest BCUT2D eigenvalue weighted by atomic mass is 10.0. The van der Waals surface area contributed by atoms with Gasteiger partial charge in [-0.25, -0.2) is 9.59 Å². The molecule has 148 valence electrons. The molecule has 2 aromatic rings. The van der Waals surface area contributed by atoms with Crippen molar-refractivity contribution in [3.05, 3.63) is 64.7 Å². The highest BCUT2D eigenvalue weighted by molar-refractivity contribution is 6.31. The van der Waals surface area contributed by atoms with Gasteiger partial charge in [0.2, 0.25) is 0 Å². The fraction of sp³-hybridized carbons (Fsp3) is 0.364. The van der Waals surface area contributed by atoms with Crippen molar-refractivity contribution < 1.29 is 14.3 Å². The lowest BCUT2D eigenvalue weighted by Gasteiger charge is -2.31. The molecule has 1 saturated heterocycles. The number of carbonyl (C=O) groups is 2.